The summed E-state index contributed by atoms with van der Waals surface area (Å²) in [6.45, 7) is 6.97. The maximum absolute atomic E-state index is 12.3. The monoisotopic (exact) mass is 384 g/mol. The van der Waals surface area contributed by atoms with Gasteiger partial charge in [-0.2, -0.15) is 0 Å². The molecule has 2 aromatic carbocycles. The lowest BCUT2D eigenvalue weighted by Gasteiger charge is -2.22. The molecule has 150 valence electrons. The third-order valence-electron chi connectivity index (χ3n) is 4.51. The minimum Gasteiger partial charge on any atom is -0.481 e. The first-order chi connectivity index (χ1) is 13.2. The van der Waals surface area contributed by atoms with Gasteiger partial charge in [0, 0.05) is 0 Å². The third kappa shape index (κ3) is 5.57. The van der Waals surface area contributed by atoms with Crippen LogP contribution in [0.1, 0.15) is 39.4 Å². The van der Waals surface area contributed by atoms with Crippen molar-refractivity contribution in [2.24, 2.45) is 11.7 Å². The van der Waals surface area contributed by atoms with E-state index in [0.717, 1.165) is 16.7 Å². The van der Waals surface area contributed by atoms with Crippen LogP contribution >= 0.6 is 0 Å². The van der Waals surface area contributed by atoms with Gasteiger partial charge in [-0.3, -0.25) is 9.59 Å². The van der Waals surface area contributed by atoms with Crippen LogP contribution in [0.25, 0.3) is 11.1 Å². The summed E-state index contributed by atoms with van der Waals surface area (Å²) in [5, 5.41) is 12.4. The third-order valence-corrected chi connectivity index (χ3v) is 4.51. The van der Waals surface area contributed by atoms with Gasteiger partial charge in [0.1, 0.15) is 11.8 Å². The second kappa shape index (κ2) is 9.37. The summed E-state index contributed by atoms with van der Waals surface area (Å²) < 4.78 is 5.69. The van der Waals surface area contributed by atoms with Crippen molar-refractivity contribution in [3.63, 3.8) is 0 Å². The van der Waals surface area contributed by atoms with Gasteiger partial charge in [-0.15, -0.1) is 0 Å². The van der Waals surface area contributed by atoms with E-state index in [1.807, 2.05) is 50.2 Å². The van der Waals surface area contributed by atoms with E-state index in [9.17, 15) is 14.7 Å². The Morgan fingerprint density at radius 2 is 1.64 bits per heavy atom. The summed E-state index contributed by atoms with van der Waals surface area (Å²) in [5.41, 5.74) is 8.13. The quantitative estimate of drug-likeness (QED) is 0.651. The molecule has 2 amide bonds. The summed E-state index contributed by atoms with van der Waals surface area (Å²) in [7, 11) is 0. The van der Waals surface area contributed by atoms with E-state index in [0.29, 0.717) is 5.75 Å². The molecule has 0 aliphatic carbocycles. The lowest BCUT2D eigenvalue weighted by molar-refractivity contribution is -0.132. The van der Waals surface area contributed by atoms with Gasteiger partial charge in [0.2, 0.25) is 5.91 Å². The van der Waals surface area contributed by atoms with Crippen LogP contribution in [-0.4, -0.2) is 29.1 Å². The molecular formula is C22H28N2O4. The number of aliphatic hydroxyl groups is 1. The normalized spacial score (nSPS) is 14.2. The molecule has 6 heteroatoms. The second-order valence-electron chi connectivity index (χ2n) is 7.22. The molecule has 0 aliphatic heterocycles. The molecule has 28 heavy (non-hydrogen) atoms. The number of aliphatic hydroxyl groups excluding tert-OH is 1. The number of rotatable bonds is 8. The average molecular weight is 384 g/mol. The molecule has 0 fully saturated rings. The number of nitrogens with two attached hydrogens (primary N) is 1. The van der Waals surface area contributed by atoms with E-state index in [1.165, 1.54) is 0 Å². The van der Waals surface area contributed by atoms with Crippen LogP contribution < -0.4 is 15.8 Å². The van der Waals surface area contributed by atoms with Gasteiger partial charge in [0.25, 0.3) is 5.91 Å². The number of carbonyl (C=O) groups is 2. The van der Waals surface area contributed by atoms with Crippen LogP contribution in [0.2, 0.25) is 0 Å². The molecule has 6 nitrogen and oxygen atoms in total. The summed E-state index contributed by atoms with van der Waals surface area (Å²) in [6, 6.07) is 14.3. The number of benzene rings is 2. The number of carbonyl (C=O) groups excluding carboxylic acids is 2. The first-order valence-electron chi connectivity index (χ1n) is 9.34. The van der Waals surface area contributed by atoms with Crippen molar-refractivity contribution in [2.45, 2.75) is 45.9 Å². The Bertz CT molecular complexity index is 816. The molecule has 0 spiro atoms. The number of hydrogen-bond acceptors (Lipinski definition) is 4. The molecule has 0 saturated carbocycles. The van der Waals surface area contributed by atoms with E-state index in [4.69, 9.17) is 10.5 Å². The van der Waals surface area contributed by atoms with Gasteiger partial charge in [0.15, 0.2) is 6.10 Å². The van der Waals surface area contributed by atoms with Gasteiger partial charge in [-0.25, -0.2) is 0 Å². The first-order valence-corrected chi connectivity index (χ1v) is 9.34. The van der Waals surface area contributed by atoms with Gasteiger partial charge in [0.05, 0.1) is 6.10 Å². The smallest absolute Gasteiger partial charge is 0.261 e. The summed E-state index contributed by atoms with van der Waals surface area (Å²) >= 11 is 0. The Morgan fingerprint density at radius 3 is 2.18 bits per heavy atom. The van der Waals surface area contributed by atoms with Crippen molar-refractivity contribution in [1.82, 2.24) is 5.32 Å². The van der Waals surface area contributed by atoms with Gasteiger partial charge >= 0.3 is 0 Å². The van der Waals surface area contributed by atoms with E-state index < -0.39 is 30.1 Å². The predicted molar refractivity (Wildman–Crippen MR) is 109 cm³/mol. The molecule has 4 N–H and O–H groups in total. The zero-order chi connectivity index (χ0) is 20.8. The second-order valence-corrected chi connectivity index (χ2v) is 7.22. The first kappa shape index (κ1) is 21.4. The molecule has 0 heterocycles. The van der Waals surface area contributed by atoms with E-state index in [1.54, 1.807) is 26.0 Å². The van der Waals surface area contributed by atoms with Crippen molar-refractivity contribution in [3.05, 3.63) is 54.1 Å². The topological polar surface area (TPSA) is 102 Å². The molecule has 3 atom stereocenters. The van der Waals surface area contributed by atoms with Crippen LogP contribution in [0.5, 0.6) is 5.75 Å². The summed E-state index contributed by atoms with van der Waals surface area (Å²) in [5.74, 6) is -0.533. The lowest BCUT2D eigenvalue weighted by Crippen LogP contribution is -2.51. The highest BCUT2D eigenvalue weighted by molar-refractivity contribution is 5.88. The van der Waals surface area contributed by atoms with Crippen molar-refractivity contribution in [3.8, 4) is 16.9 Å². The Hall–Kier alpha value is -2.86. The van der Waals surface area contributed by atoms with E-state index in [2.05, 4.69) is 5.32 Å². The molecule has 0 saturated heterocycles. The number of nitrogens with one attached hydrogen (secondary N) is 1. The van der Waals surface area contributed by atoms with E-state index >= 15 is 0 Å². The van der Waals surface area contributed by atoms with Crippen molar-refractivity contribution in [1.29, 1.82) is 0 Å². The maximum Gasteiger partial charge on any atom is 0.261 e. The lowest BCUT2D eigenvalue weighted by atomic mass is 10.0. The molecule has 0 bridgehead atoms. The number of hydrogen-bond donors (Lipinski definition) is 3. The molecule has 0 aromatic heterocycles. The largest absolute Gasteiger partial charge is 0.481 e. The average Bonchev–Trinajstić information content (AvgIpc) is 2.66. The highest BCUT2D eigenvalue weighted by atomic mass is 16.5. The fourth-order valence-electron chi connectivity index (χ4n) is 2.80. The van der Waals surface area contributed by atoms with Gasteiger partial charge in [-0.1, -0.05) is 44.2 Å². The maximum atomic E-state index is 12.3. The zero-order valence-corrected chi connectivity index (χ0v) is 16.7. The fraction of sp³-hybridized carbons (Fsp3) is 0.364. The molecule has 2 rings (SSSR count). The minimum absolute atomic E-state index is 0.106. The Kier molecular flexibility index (Phi) is 7.18. The fourth-order valence-corrected chi connectivity index (χ4v) is 2.80. The van der Waals surface area contributed by atoms with E-state index in [-0.39, 0.29) is 5.92 Å². The van der Waals surface area contributed by atoms with Crippen LogP contribution in [-0.2, 0) is 9.59 Å². The number of amides is 2. The minimum atomic E-state index is -0.773. The van der Waals surface area contributed by atoms with Crippen molar-refractivity contribution in [2.75, 3.05) is 0 Å². The zero-order valence-electron chi connectivity index (χ0n) is 16.7. The van der Waals surface area contributed by atoms with Crippen LogP contribution in [0.15, 0.2) is 48.5 Å². The Morgan fingerprint density at radius 1 is 1.00 bits per heavy atom. The summed E-state index contributed by atoms with van der Waals surface area (Å²) in [4.78, 5) is 23.7. The molecule has 0 aliphatic rings. The number of ether oxygens (including phenoxy) is 1. The Labute approximate surface area is 165 Å². The SMILES string of the molecule is CC(C)[C@H](NC(=O)[C@H](C)Oc1ccc(-c2cccc([C@@H](C)O)c2)cc1)C(N)=O. The van der Waals surface area contributed by atoms with Crippen LogP contribution in [0, 0.1) is 5.92 Å². The highest BCUT2D eigenvalue weighted by Gasteiger charge is 2.25. The van der Waals surface area contributed by atoms with Crippen molar-refractivity contribution < 1.29 is 19.4 Å². The van der Waals surface area contributed by atoms with Crippen LogP contribution in [0.4, 0.5) is 0 Å². The molecule has 2 aromatic rings. The molecular weight excluding hydrogens is 356 g/mol. The van der Waals surface area contributed by atoms with Crippen LogP contribution in [0.3, 0.4) is 0 Å². The number of primary amides is 1. The standard InChI is InChI=1S/C22H28N2O4/c1-13(2)20(21(23)26)24-22(27)15(4)28-19-10-8-16(9-11-19)18-7-5-6-17(12-18)14(3)25/h5-15,20,25H,1-4H3,(H2,23,26)(H,24,27)/t14-,15+,20+/m1/s1. The molecule has 0 radical (unpaired) electrons. The van der Waals surface area contributed by atoms with Gasteiger partial charge in [-0.05, 0) is 54.7 Å². The van der Waals surface area contributed by atoms with Crippen molar-refractivity contribution >= 4 is 11.8 Å². The summed E-state index contributed by atoms with van der Waals surface area (Å²) in [6.07, 6.45) is -1.30. The Balaban J connectivity index is 2.04. The predicted octanol–water partition coefficient (Wildman–Crippen LogP) is 2.80. The van der Waals surface area contributed by atoms with Gasteiger partial charge < -0.3 is 20.9 Å². The molecule has 0 unspecified atom stereocenters. The highest BCUT2D eigenvalue weighted by Crippen LogP contribution is 2.25.